The molecule has 12 heteroatoms. The van der Waals surface area contributed by atoms with Gasteiger partial charge in [0.2, 0.25) is 11.8 Å². The summed E-state index contributed by atoms with van der Waals surface area (Å²) in [7, 11) is 0. The van der Waals surface area contributed by atoms with Crippen LogP contribution in [0.1, 0.15) is 53.2 Å². The van der Waals surface area contributed by atoms with E-state index in [1.54, 1.807) is 19.1 Å². The second-order valence-electron chi connectivity index (χ2n) is 12.6. The Kier molecular flexibility index (Phi) is 6.83. The van der Waals surface area contributed by atoms with E-state index in [4.69, 9.17) is 0 Å². The van der Waals surface area contributed by atoms with Crippen molar-refractivity contribution in [2.75, 3.05) is 13.1 Å². The fraction of sp³-hybridized carbons (Fsp3) is 0.500. The van der Waals surface area contributed by atoms with E-state index in [9.17, 15) is 27.6 Å². The van der Waals surface area contributed by atoms with Crippen LogP contribution in [0.15, 0.2) is 24.4 Å². The molecule has 0 radical (unpaired) electrons. The number of fused-ring (bicyclic) bond motifs is 3. The van der Waals surface area contributed by atoms with Gasteiger partial charge in [0, 0.05) is 28.1 Å². The first-order valence-electron chi connectivity index (χ1n) is 13.9. The SMILES string of the molecule is Cc1cc(C(F)(F)F)nc(-c2ccnc3cc(CN4C(=O)C5C(C4=O)C5(C)C)sc23)c1C(=O)C1C[C@@H]2CNC[C@H]2C1.Cl. The Labute approximate surface area is 250 Å². The van der Waals surface area contributed by atoms with Crippen LogP contribution in [0.5, 0.6) is 0 Å². The minimum atomic E-state index is -4.69. The highest BCUT2D eigenvalue weighted by molar-refractivity contribution is 7.19. The molecular formula is C30H30ClF3N4O3S. The lowest BCUT2D eigenvalue weighted by Gasteiger charge is -2.19. The highest BCUT2D eigenvalue weighted by Crippen LogP contribution is 2.63. The van der Waals surface area contributed by atoms with Crippen molar-refractivity contribution < 1.29 is 27.6 Å². The molecule has 4 aliphatic rings. The van der Waals surface area contributed by atoms with Gasteiger partial charge >= 0.3 is 6.18 Å². The van der Waals surface area contributed by atoms with Crippen LogP contribution in [0.25, 0.3) is 21.5 Å². The van der Waals surface area contributed by atoms with Gasteiger partial charge in [0.1, 0.15) is 5.69 Å². The molecule has 4 atom stereocenters. The number of aromatic nitrogens is 2. The lowest BCUT2D eigenvalue weighted by Crippen LogP contribution is -2.35. The lowest BCUT2D eigenvalue weighted by molar-refractivity contribution is -0.144. The van der Waals surface area contributed by atoms with Crippen molar-refractivity contribution in [1.29, 1.82) is 0 Å². The average Bonchev–Trinajstić information content (AvgIpc) is 3.44. The number of alkyl halides is 3. The zero-order valence-corrected chi connectivity index (χ0v) is 24.9. The fourth-order valence-electron chi connectivity index (χ4n) is 7.48. The number of carbonyl (C=O) groups is 3. The van der Waals surface area contributed by atoms with Gasteiger partial charge in [-0.1, -0.05) is 13.8 Å². The number of carbonyl (C=O) groups excluding carboxylic acids is 3. The number of halogens is 4. The Balaban J connectivity index is 0.00000316. The van der Waals surface area contributed by atoms with Crippen LogP contribution in [0.4, 0.5) is 13.2 Å². The van der Waals surface area contributed by atoms with Crippen molar-refractivity contribution in [3.05, 3.63) is 46.1 Å². The second kappa shape index (κ2) is 9.82. The van der Waals surface area contributed by atoms with Crippen molar-refractivity contribution in [2.45, 2.75) is 46.3 Å². The Hall–Kier alpha value is -2.89. The van der Waals surface area contributed by atoms with Crippen molar-refractivity contribution in [3.8, 4) is 11.3 Å². The molecule has 0 aromatic carbocycles. The summed E-state index contributed by atoms with van der Waals surface area (Å²) in [4.78, 5) is 50.2. The monoisotopic (exact) mass is 618 g/mol. The molecule has 1 N–H and O–H groups in total. The predicted octanol–water partition coefficient (Wildman–Crippen LogP) is 5.68. The third-order valence-electron chi connectivity index (χ3n) is 9.70. The molecule has 2 amide bonds. The molecule has 42 heavy (non-hydrogen) atoms. The number of pyridine rings is 2. The molecule has 7 rings (SSSR count). The van der Waals surface area contributed by atoms with Gasteiger partial charge in [0.25, 0.3) is 0 Å². The summed E-state index contributed by atoms with van der Waals surface area (Å²) < 4.78 is 42.4. The number of amides is 2. The Morgan fingerprint density at radius 1 is 1.12 bits per heavy atom. The van der Waals surface area contributed by atoms with Crippen LogP contribution < -0.4 is 5.32 Å². The van der Waals surface area contributed by atoms with E-state index in [-0.39, 0.29) is 76.5 Å². The van der Waals surface area contributed by atoms with E-state index in [0.29, 0.717) is 45.3 Å². The standard InChI is InChI=1S/C30H29F3N4O3S.ClH/c1-13-6-20(30(31,32)33)36-24(21(13)25(38)14-7-15-10-34-11-16(15)8-14)18-4-5-35-19-9-17(41-26(18)19)12-37-27(39)22-23(28(37)40)29(22,2)3;/h4-6,9,14-16,22-23,34H,7-8,10-12H2,1-3H3;1H/t15-,16-,22?,23?;/m1./s1. The van der Waals surface area contributed by atoms with Crippen LogP contribution >= 0.6 is 23.7 Å². The smallest absolute Gasteiger partial charge is 0.316 e. The highest BCUT2D eigenvalue weighted by Gasteiger charge is 2.72. The van der Waals surface area contributed by atoms with Crippen molar-refractivity contribution in [1.82, 2.24) is 20.2 Å². The number of aryl methyl sites for hydroxylation is 1. The quantitative estimate of drug-likeness (QED) is 0.292. The van der Waals surface area contributed by atoms with Crippen LogP contribution in [0.3, 0.4) is 0 Å². The van der Waals surface area contributed by atoms with E-state index in [1.165, 1.54) is 22.4 Å². The zero-order valence-electron chi connectivity index (χ0n) is 23.2. The number of hydrogen-bond donors (Lipinski definition) is 1. The first-order valence-corrected chi connectivity index (χ1v) is 14.7. The number of Topliss-reactive ketones (excluding diaryl/α,β-unsaturated/α-hetero) is 1. The maximum absolute atomic E-state index is 13.9. The third kappa shape index (κ3) is 4.38. The van der Waals surface area contributed by atoms with Gasteiger partial charge in [0.05, 0.1) is 34.3 Å². The summed E-state index contributed by atoms with van der Waals surface area (Å²) in [6.07, 6.45) is -1.77. The first-order chi connectivity index (χ1) is 19.4. The van der Waals surface area contributed by atoms with Crippen molar-refractivity contribution in [2.24, 2.45) is 35.0 Å². The number of piperidine rings is 1. The van der Waals surface area contributed by atoms with E-state index in [2.05, 4.69) is 15.3 Å². The molecule has 0 bridgehead atoms. The maximum atomic E-state index is 13.9. The normalized spacial score (nSPS) is 26.5. The van der Waals surface area contributed by atoms with Gasteiger partial charge < -0.3 is 5.32 Å². The molecule has 2 saturated heterocycles. The van der Waals surface area contributed by atoms with Gasteiger partial charge in [-0.15, -0.1) is 23.7 Å². The third-order valence-corrected chi connectivity index (χ3v) is 10.8. The molecule has 222 valence electrons. The average molecular weight is 619 g/mol. The minimum absolute atomic E-state index is 0. The Morgan fingerprint density at radius 2 is 1.76 bits per heavy atom. The van der Waals surface area contributed by atoms with Gasteiger partial charge in [-0.25, -0.2) is 4.98 Å². The molecule has 2 aliphatic heterocycles. The predicted molar refractivity (Wildman–Crippen MR) is 153 cm³/mol. The van der Waals surface area contributed by atoms with Crippen molar-refractivity contribution in [3.63, 3.8) is 0 Å². The summed E-state index contributed by atoms with van der Waals surface area (Å²) in [6.45, 7) is 7.18. The molecule has 2 aliphatic carbocycles. The van der Waals surface area contributed by atoms with Crippen molar-refractivity contribution >= 4 is 51.6 Å². The van der Waals surface area contributed by atoms with E-state index < -0.39 is 11.9 Å². The molecule has 5 heterocycles. The van der Waals surface area contributed by atoms with E-state index >= 15 is 0 Å². The highest BCUT2D eigenvalue weighted by atomic mass is 35.5. The maximum Gasteiger partial charge on any atom is 0.433 e. The summed E-state index contributed by atoms with van der Waals surface area (Å²) in [5.74, 6) is -0.590. The summed E-state index contributed by atoms with van der Waals surface area (Å²) >= 11 is 1.26. The molecular weight excluding hydrogens is 589 g/mol. The van der Waals surface area contributed by atoms with E-state index in [0.717, 1.165) is 19.2 Å². The second-order valence-corrected chi connectivity index (χ2v) is 13.7. The zero-order chi connectivity index (χ0) is 29.0. The summed E-state index contributed by atoms with van der Waals surface area (Å²) in [6, 6.07) is 4.31. The number of nitrogens with one attached hydrogen (secondary N) is 1. The number of rotatable bonds is 5. The van der Waals surface area contributed by atoms with E-state index in [1.807, 2.05) is 13.8 Å². The Morgan fingerprint density at radius 3 is 2.38 bits per heavy atom. The minimum Gasteiger partial charge on any atom is -0.316 e. The molecule has 3 aromatic heterocycles. The number of ketones is 1. The topological polar surface area (TPSA) is 92.3 Å². The largest absolute Gasteiger partial charge is 0.433 e. The molecule has 2 saturated carbocycles. The van der Waals surface area contributed by atoms with Gasteiger partial charge in [-0.05, 0) is 73.9 Å². The van der Waals surface area contributed by atoms with Crippen LogP contribution in [-0.4, -0.2) is 45.6 Å². The molecule has 4 fully saturated rings. The number of thiophene rings is 1. The number of likely N-dealkylation sites (tertiary alicyclic amines) is 1. The fourth-order valence-corrected chi connectivity index (χ4v) is 8.59. The van der Waals surface area contributed by atoms with Crippen LogP contribution in [-0.2, 0) is 22.3 Å². The lowest BCUT2D eigenvalue weighted by atomic mass is 9.89. The number of imide groups is 1. The molecule has 7 nitrogen and oxygen atoms in total. The van der Waals surface area contributed by atoms with Gasteiger partial charge in [-0.2, -0.15) is 13.2 Å². The summed E-state index contributed by atoms with van der Waals surface area (Å²) in [5.41, 5.74) is 0.0327. The number of nitrogens with zero attached hydrogens (tertiary/aromatic N) is 3. The summed E-state index contributed by atoms with van der Waals surface area (Å²) in [5, 5.41) is 3.36. The molecule has 3 aromatic rings. The van der Waals surface area contributed by atoms with Crippen LogP contribution in [0, 0.1) is 41.9 Å². The number of hydrogen-bond acceptors (Lipinski definition) is 7. The van der Waals surface area contributed by atoms with Crippen LogP contribution in [0.2, 0.25) is 0 Å². The molecule has 0 spiro atoms. The first kappa shape index (κ1) is 29.2. The van der Waals surface area contributed by atoms with Gasteiger partial charge in [0.15, 0.2) is 5.78 Å². The Bertz CT molecular complexity index is 1620. The molecule has 2 unspecified atom stereocenters. The van der Waals surface area contributed by atoms with Gasteiger partial charge in [-0.3, -0.25) is 24.3 Å².